The molecule has 0 saturated heterocycles. The number of rotatable bonds is 2. The van der Waals surface area contributed by atoms with E-state index in [1.807, 2.05) is 0 Å². The van der Waals surface area contributed by atoms with Gasteiger partial charge in [0.25, 0.3) is 0 Å². The minimum atomic E-state index is 0.316. The van der Waals surface area contributed by atoms with E-state index in [1.54, 1.807) is 6.07 Å². The monoisotopic (exact) mass is 273 g/mol. The molecule has 1 fully saturated rings. The molecule has 2 rings (SSSR count). The first kappa shape index (κ1) is 12.8. The molecule has 1 aromatic heterocycles. The smallest absolute Gasteiger partial charge is 0.147 e. The average molecular weight is 274 g/mol. The van der Waals surface area contributed by atoms with Crippen LogP contribution in [0.2, 0.25) is 10.0 Å². The summed E-state index contributed by atoms with van der Waals surface area (Å²) in [4.78, 5) is 4.19. The summed E-state index contributed by atoms with van der Waals surface area (Å²) in [6.07, 6.45) is 3.46. The van der Waals surface area contributed by atoms with Gasteiger partial charge in [-0.1, -0.05) is 37.0 Å². The lowest BCUT2D eigenvalue weighted by molar-refractivity contribution is 0.378. The molecular formula is C12H17Cl2N3. The molecule has 1 aliphatic carbocycles. The lowest BCUT2D eigenvalue weighted by atomic mass is 9.92. The van der Waals surface area contributed by atoms with Crippen LogP contribution in [-0.2, 0) is 0 Å². The quantitative estimate of drug-likeness (QED) is 0.858. The zero-order valence-corrected chi connectivity index (χ0v) is 11.6. The normalized spacial score (nSPS) is 22.7. The predicted octanol–water partition coefficient (Wildman–Crippen LogP) is 3.96. The van der Waals surface area contributed by atoms with Crippen LogP contribution >= 0.6 is 23.2 Å². The Morgan fingerprint density at radius 2 is 2.12 bits per heavy atom. The summed E-state index contributed by atoms with van der Waals surface area (Å²) >= 11 is 11.9. The number of hydrogen-bond donors (Lipinski definition) is 2. The van der Waals surface area contributed by atoms with Crippen LogP contribution in [0, 0.1) is 5.41 Å². The van der Waals surface area contributed by atoms with Crippen molar-refractivity contribution in [2.75, 3.05) is 11.1 Å². The largest absolute Gasteiger partial charge is 0.382 e. The molecule has 3 N–H and O–H groups in total. The van der Waals surface area contributed by atoms with Crippen LogP contribution in [0.4, 0.5) is 11.6 Å². The van der Waals surface area contributed by atoms with E-state index < -0.39 is 0 Å². The summed E-state index contributed by atoms with van der Waals surface area (Å²) in [6, 6.07) is 2.05. The highest BCUT2D eigenvalue weighted by atomic mass is 35.5. The van der Waals surface area contributed by atoms with Crippen LogP contribution in [0.1, 0.15) is 33.1 Å². The molecule has 0 radical (unpaired) electrons. The Labute approximate surface area is 112 Å². The Kier molecular flexibility index (Phi) is 3.41. The summed E-state index contributed by atoms with van der Waals surface area (Å²) in [6.45, 7) is 4.56. The number of hydrogen-bond acceptors (Lipinski definition) is 3. The number of nitrogens with two attached hydrogens (primary N) is 1. The first-order chi connectivity index (χ1) is 7.87. The average Bonchev–Trinajstić information content (AvgIpc) is 2.54. The number of anilines is 2. The van der Waals surface area contributed by atoms with E-state index in [-0.39, 0.29) is 0 Å². The third-order valence-corrected chi connectivity index (χ3v) is 3.86. The van der Waals surface area contributed by atoms with Gasteiger partial charge in [0.2, 0.25) is 0 Å². The van der Waals surface area contributed by atoms with Crippen LogP contribution < -0.4 is 11.1 Å². The summed E-state index contributed by atoms with van der Waals surface area (Å²) in [7, 11) is 0. The van der Waals surface area contributed by atoms with Gasteiger partial charge in [-0.3, -0.25) is 0 Å². The fourth-order valence-electron chi connectivity index (χ4n) is 2.33. The molecule has 0 bridgehead atoms. The third kappa shape index (κ3) is 2.96. The van der Waals surface area contributed by atoms with Gasteiger partial charge < -0.3 is 11.1 Å². The molecule has 0 amide bonds. The number of aromatic nitrogens is 1. The predicted molar refractivity (Wildman–Crippen MR) is 73.7 cm³/mol. The lowest BCUT2D eigenvalue weighted by Gasteiger charge is -2.19. The molecule has 0 aliphatic heterocycles. The van der Waals surface area contributed by atoms with Crippen molar-refractivity contribution in [3.8, 4) is 0 Å². The fraction of sp³-hybridized carbons (Fsp3) is 0.583. The van der Waals surface area contributed by atoms with Gasteiger partial charge in [-0.05, 0) is 30.7 Å². The zero-order valence-electron chi connectivity index (χ0n) is 10.1. The third-order valence-electron chi connectivity index (χ3n) is 3.27. The van der Waals surface area contributed by atoms with Gasteiger partial charge in [-0.25, -0.2) is 4.98 Å². The van der Waals surface area contributed by atoms with E-state index >= 15 is 0 Å². The lowest BCUT2D eigenvalue weighted by Crippen LogP contribution is -2.18. The molecule has 1 aromatic rings. The van der Waals surface area contributed by atoms with E-state index in [0.29, 0.717) is 33.1 Å². The number of nitrogen functional groups attached to an aromatic ring is 1. The maximum atomic E-state index is 6.09. The van der Waals surface area contributed by atoms with Crippen LogP contribution in [0.3, 0.4) is 0 Å². The Bertz CT molecular complexity index is 432. The van der Waals surface area contributed by atoms with Crippen LogP contribution in [-0.4, -0.2) is 11.0 Å². The minimum absolute atomic E-state index is 0.316. The van der Waals surface area contributed by atoms with Gasteiger partial charge >= 0.3 is 0 Å². The molecule has 5 heteroatoms. The molecule has 94 valence electrons. The van der Waals surface area contributed by atoms with E-state index in [0.717, 1.165) is 12.8 Å². The first-order valence-electron chi connectivity index (χ1n) is 5.75. The number of pyridine rings is 1. The topological polar surface area (TPSA) is 50.9 Å². The van der Waals surface area contributed by atoms with E-state index in [4.69, 9.17) is 28.9 Å². The van der Waals surface area contributed by atoms with E-state index in [9.17, 15) is 0 Å². The Morgan fingerprint density at radius 1 is 1.41 bits per heavy atom. The number of nitrogens with zero attached hydrogens (tertiary/aromatic N) is 1. The van der Waals surface area contributed by atoms with Gasteiger partial charge in [-0.2, -0.15) is 0 Å². The SMILES string of the molecule is CC1(C)CCC(Nc2nc(N)c(Cl)cc2Cl)C1. The zero-order chi connectivity index (χ0) is 12.6. The van der Waals surface area contributed by atoms with Crippen molar-refractivity contribution in [1.29, 1.82) is 0 Å². The molecule has 1 unspecified atom stereocenters. The molecule has 1 saturated carbocycles. The molecule has 1 heterocycles. The minimum Gasteiger partial charge on any atom is -0.382 e. The fourth-order valence-corrected chi connectivity index (χ4v) is 2.75. The highest BCUT2D eigenvalue weighted by molar-refractivity contribution is 6.37. The van der Waals surface area contributed by atoms with Gasteiger partial charge in [0.1, 0.15) is 11.6 Å². The highest BCUT2D eigenvalue weighted by Gasteiger charge is 2.31. The Balaban J connectivity index is 2.12. The molecule has 1 aliphatic rings. The molecule has 3 nitrogen and oxygen atoms in total. The number of halogens is 2. The van der Waals surface area contributed by atoms with Gasteiger partial charge in [-0.15, -0.1) is 0 Å². The highest BCUT2D eigenvalue weighted by Crippen LogP contribution is 2.39. The van der Waals surface area contributed by atoms with Crippen LogP contribution in [0.15, 0.2) is 6.07 Å². The number of nitrogens with one attached hydrogen (secondary N) is 1. The van der Waals surface area contributed by atoms with Gasteiger partial charge in [0.15, 0.2) is 0 Å². The molecule has 17 heavy (non-hydrogen) atoms. The first-order valence-corrected chi connectivity index (χ1v) is 6.51. The summed E-state index contributed by atoms with van der Waals surface area (Å²) in [5, 5.41) is 4.27. The molecule has 0 spiro atoms. The van der Waals surface area contributed by atoms with Gasteiger partial charge in [0, 0.05) is 6.04 Å². The summed E-state index contributed by atoms with van der Waals surface area (Å²) < 4.78 is 0. The van der Waals surface area contributed by atoms with Crippen molar-refractivity contribution in [2.24, 2.45) is 5.41 Å². The molecule has 0 aromatic carbocycles. The van der Waals surface area contributed by atoms with E-state index in [1.165, 1.54) is 6.42 Å². The van der Waals surface area contributed by atoms with Crippen molar-refractivity contribution in [3.05, 3.63) is 16.1 Å². The van der Waals surface area contributed by atoms with Crippen molar-refractivity contribution in [2.45, 2.75) is 39.2 Å². The van der Waals surface area contributed by atoms with Crippen LogP contribution in [0.25, 0.3) is 0 Å². The standard InChI is InChI=1S/C12H17Cl2N3/c1-12(2)4-3-7(6-12)16-11-9(14)5-8(13)10(15)17-11/h5,7H,3-4,6H2,1-2H3,(H3,15,16,17). The second-order valence-electron chi connectivity index (χ2n) is 5.43. The molecule has 1 atom stereocenters. The van der Waals surface area contributed by atoms with Crippen molar-refractivity contribution in [3.63, 3.8) is 0 Å². The van der Waals surface area contributed by atoms with Crippen molar-refractivity contribution >= 4 is 34.8 Å². The summed E-state index contributed by atoms with van der Waals surface area (Å²) in [5.74, 6) is 0.951. The maximum Gasteiger partial charge on any atom is 0.147 e. The van der Waals surface area contributed by atoms with Gasteiger partial charge in [0.05, 0.1) is 10.0 Å². The second-order valence-corrected chi connectivity index (χ2v) is 6.25. The maximum absolute atomic E-state index is 6.09. The molecular weight excluding hydrogens is 257 g/mol. The Morgan fingerprint density at radius 3 is 2.71 bits per heavy atom. The van der Waals surface area contributed by atoms with Crippen molar-refractivity contribution in [1.82, 2.24) is 4.98 Å². The van der Waals surface area contributed by atoms with E-state index in [2.05, 4.69) is 24.1 Å². The van der Waals surface area contributed by atoms with Crippen molar-refractivity contribution < 1.29 is 0 Å². The second kappa shape index (κ2) is 4.54. The summed E-state index contributed by atoms with van der Waals surface area (Å²) in [5.41, 5.74) is 6.07. The van der Waals surface area contributed by atoms with Crippen LogP contribution in [0.5, 0.6) is 0 Å². The Hall–Kier alpha value is -0.670.